The molecule has 64 valence electrons. The Morgan fingerprint density at radius 2 is 1.60 bits per heavy atom. The molecule has 0 aromatic rings. The molecule has 0 spiro atoms. The van der Waals surface area contributed by atoms with Crippen molar-refractivity contribution in [1.29, 1.82) is 0 Å². The van der Waals surface area contributed by atoms with Crippen LogP contribution in [0.4, 0.5) is 0 Å². The molecule has 0 aromatic carbocycles. The molecule has 0 aromatic heterocycles. The van der Waals surface area contributed by atoms with Gasteiger partial charge >= 0.3 is 0 Å². The highest BCUT2D eigenvalue weighted by Gasteiger charge is 1.93. The lowest BCUT2D eigenvalue weighted by molar-refractivity contribution is -0.237. The lowest BCUT2D eigenvalue weighted by Crippen LogP contribution is -2.15. The summed E-state index contributed by atoms with van der Waals surface area (Å²) in [5, 5.41) is 31.4. The van der Waals surface area contributed by atoms with Gasteiger partial charge in [-0.3, -0.25) is 5.26 Å². The molecule has 0 saturated heterocycles. The molecule has 4 N–H and O–H groups in total. The summed E-state index contributed by atoms with van der Waals surface area (Å²) >= 11 is 0. The number of hydrogen-bond acceptors (Lipinski definition) is 5. The van der Waals surface area contributed by atoms with Crippen molar-refractivity contribution >= 4 is 0 Å². The second-order valence-corrected chi connectivity index (χ2v) is 1.44. The molecule has 0 radical (unpaired) electrons. The minimum absolute atomic E-state index is 0.365. The zero-order valence-electron chi connectivity index (χ0n) is 5.90. The maximum absolute atomic E-state index is 8.17. The fourth-order valence-electron chi connectivity index (χ4n) is 0.0577. The predicted molar refractivity (Wildman–Crippen MR) is 34.4 cm³/mol. The van der Waals surface area contributed by atoms with Crippen LogP contribution in [0.25, 0.3) is 0 Å². The average Bonchev–Trinajstić information content (AvgIpc) is 2.03. The Bertz CT molecular complexity index is 43.3. The van der Waals surface area contributed by atoms with E-state index in [-0.39, 0.29) is 13.2 Å². The molecule has 0 aliphatic heterocycles. The van der Waals surface area contributed by atoms with E-state index in [2.05, 4.69) is 4.89 Å². The molecule has 0 fully saturated rings. The van der Waals surface area contributed by atoms with E-state index in [9.17, 15) is 0 Å². The first-order chi connectivity index (χ1) is 4.72. The predicted octanol–water partition coefficient (Wildman–Crippen LogP) is -1.17. The van der Waals surface area contributed by atoms with Crippen LogP contribution in [0.2, 0.25) is 0 Å². The lowest BCUT2D eigenvalue weighted by atomic mass is 10.4. The first-order valence-electron chi connectivity index (χ1n) is 2.89. The minimum atomic E-state index is -0.954. The van der Waals surface area contributed by atoms with Gasteiger partial charge < -0.3 is 15.3 Å². The van der Waals surface area contributed by atoms with E-state index in [1.807, 2.05) is 0 Å². The molecular weight excluding hydrogens is 140 g/mol. The maximum atomic E-state index is 8.17. The number of hydrogen-bond donors (Lipinski definition) is 4. The van der Waals surface area contributed by atoms with Gasteiger partial charge in [0.2, 0.25) is 0 Å². The van der Waals surface area contributed by atoms with Crippen LogP contribution in [0.15, 0.2) is 0 Å². The van der Waals surface area contributed by atoms with Crippen molar-refractivity contribution < 1.29 is 25.5 Å². The first-order valence-corrected chi connectivity index (χ1v) is 2.89. The molecular formula is C5H14O5. The molecule has 0 rings (SSSR count). The van der Waals surface area contributed by atoms with Gasteiger partial charge in [0.25, 0.3) is 0 Å². The Kier molecular flexibility index (Phi) is 14.4. The Morgan fingerprint density at radius 3 is 1.60 bits per heavy atom. The van der Waals surface area contributed by atoms with Crippen LogP contribution in [0.5, 0.6) is 0 Å². The summed E-state index contributed by atoms with van der Waals surface area (Å²) in [5.41, 5.74) is 0. The normalized spacial score (nSPS) is 9.00. The monoisotopic (exact) mass is 154 g/mol. The molecule has 0 unspecified atom stereocenters. The topological polar surface area (TPSA) is 90.2 Å². The van der Waals surface area contributed by atoms with E-state index in [0.29, 0.717) is 6.61 Å². The summed E-state index contributed by atoms with van der Waals surface area (Å²) in [5.74, 6) is 0. The van der Waals surface area contributed by atoms with Crippen molar-refractivity contribution in [2.24, 2.45) is 0 Å². The summed E-state index contributed by atoms with van der Waals surface area (Å²) in [6.07, 6.45) is -0.954. The van der Waals surface area contributed by atoms with Gasteiger partial charge in [0.1, 0.15) is 6.10 Å². The smallest absolute Gasteiger partial charge is 0.100 e. The van der Waals surface area contributed by atoms with Crippen molar-refractivity contribution in [3.63, 3.8) is 0 Å². The molecule has 0 atom stereocenters. The van der Waals surface area contributed by atoms with Gasteiger partial charge in [-0.1, -0.05) is 0 Å². The minimum Gasteiger partial charge on any atom is -0.394 e. The average molecular weight is 154 g/mol. The second kappa shape index (κ2) is 11.6. The van der Waals surface area contributed by atoms with Crippen molar-refractivity contribution in [1.82, 2.24) is 0 Å². The third kappa shape index (κ3) is 15.7. The van der Waals surface area contributed by atoms with Crippen LogP contribution >= 0.6 is 0 Å². The molecule has 5 nitrogen and oxygen atoms in total. The standard InChI is InChI=1S/C3H8O3.C2H6O2/c4-1-3(6)2-5;1-2-4-3/h3-6H,1-2H2;3H,2H2,1H3. The fraction of sp³-hybridized carbons (Fsp3) is 1.00. The summed E-state index contributed by atoms with van der Waals surface area (Å²) < 4.78 is 0. The number of aliphatic hydroxyl groups is 3. The first kappa shape index (κ1) is 12.5. The van der Waals surface area contributed by atoms with Gasteiger partial charge in [-0.15, -0.1) is 0 Å². The third-order valence-electron chi connectivity index (χ3n) is 0.551. The van der Waals surface area contributed by atoms with Crippen molar-refractivity contribution in [3.8, 4) is 0 Å². The Balaban J connectivity index is 0. The summed E-state index contributed by atoms with van der Waals surface area (Å²) in [4.78, 5) is 3.54. The third-order valence-corrected chi connectivity index (χ3v) is 0.551. The van der Waals surface area contributed by atoms with Crippen molar-refractivity contribution in [2.45, 2.75) is 13.0 Å². The molecule has 0 saturated carbocycles. The van der Waals surface area contributed by atoms with Gasteiger partial charge in [0, 0.05) is 0 Å². The highest BCUT2D eigenvalue weighted by atomic mass is 17.1. The summed E-state index contributed by atoms with van der Waals surface area (Å²) in [7, 11) is 0. The molecule has 0 aliphatic rings. The lowest BCUT2D eigenvalue weighted by Gasteiger charge is -1.96. The van der Waals surface area contributed by atoms with E-state index >= 15 is 0 Å². The maximum Gasteiger partial charge on any atom is 0.100 e. The Labute approximate surface area is 59.4 Å². The SMILES string of the molecule is CCOO.OCC(O)CO. The quantitative estimate of drug-likeness (QED) is 0.304. The molecule has 0 amide bonds. The van der Waals surface area contributed by atoms with Crippen LogP contribution < -0.4 is 0 Å². The second-order valence-electron chi connectivity index (χ2n) is 1.44. The van der Waals surface area contributed by atoms with Gasteiger partial charge in [-0.25, -0.2) is 4.89 Å². The fourth-order valence-corrected chi connectivity index (χ4v) is 0.0577. The van der Waals surface area contributed by atoms with Crippen LogP contribution in [0, 0.1) is 0 Å². The van der Waals surface area contributed by atoms with Crippen molar-refractivity contribution in [2.75, 3.05) is 19.8 Å². The molecule has 0 aliphatic carbocycles. The van der Waals surface area contributed by atoms with E-state index < -0.39 is 6.10 Å². The van der Waals surface area contributed by atoms with E-state index in [1.54, 1.807) is 6.92 Å². The van der Waals surface area contributed by atoms with Gasteiger partial charge in [0.15, 0.2) is 0 Å². The van der Waals surface area contributed by atoms with E-state index in [4.69, 9.17) is 20.6 Å². The number of aliphatic hydroxyl groups excluding tert-OH is 3. The molecule has 0 heterocycles. The van der Waals surface area contributed by atoms with Gasteiger partial charge in [0.05, 0.1) is 19.8 Å². The summed E-state index contributed by atoms with van der Waals surface area (Å²) in [6, 6.07) is 0. The van der Waals surface area contributed by atoms with Crippen LogP contribution in [0.1, 0.15) is 6.92 Å². The largest absolute Gasteiger partial charge is 0.394 e. The van der Waals surface area contributed by atoms with E-state index in [0.717, 1.165) is 0 Å². The van der Waals surface area contributed by atoms with E-state index in [1.165, 1.54) is 0 Å². The highest BCUT2D eigenvalue weighted by Crippen LogP contribution is 1.71. The van der Waals surface area contributed by atoms with Gasteiger partial charge in [-0.05, 0) is 6.92 Å². The highest BCUT2D eigenvalue weighted by molar-refractivity contribution is 4.43. The molecule has 0 bridgehead atoms. The molecule has 10 heavy (non-hydrogen) atoms. The Morgan fingerprint density at radius 1 is 1.30 bits per heavy atom. The van der Waals surface area contributed by atoms with Gasteiger partial charge in [-0.2, -0.15) is 0 Å². The zero-order chi connectivity index (χ0) is 8.41. The summed E-state index contributed by atoms with van der Waals surface area (Å²) in [6.45, 7) is 1.35. The van der Waals surface area contributed by atoms with Crippen LogP contribution in [0.3, 0.4) is 0 Å². The zero-order valence-corrected chi connectivity index (χ0v) is 5.90. The van der Waals surface area contributed by atoms with Crippen molar-refractivity contribution in [3.05, 3.63) is 0 Å². The van der Waals surface area contributed by atoms with Crippen LogP contribution in [-0.4, -0.2) is 46.5 Å². The number of rotatable bonds is 3. The molecule has 5 heteroatoms. The Hall–Kier alpha value is -0.200. The van der Waals surface area contributed by atoms with Crippen LogP contribution in [-0.2, 0) is 4.89 Å².